The van der Waals surface area contributed by atoms with Crippen molar-refractivity contribution in [3.8, 4) is 5.75 Å². The molecule has 0 saturated heterocycles. The van der Waals surface area contributed by atoms with Gasteiger partial charge in [0.15, 0.2) is 0 Å². The zero-order valence-electron chi connectivity index (χ0n) is 13.4. The highest BCUT2D eigenvalue weighted by atomic mass is 19.3. The zero-order chi connectivity index (χ0) is 18.4. The topological polar surface area (TPSA) is 81.5 Å². The summed E-state index contributed by atoms with van der Waals surface area (Å²) in [4.78, 5) is 22.5. The number of carbonyl (C=O) groups excluding carboxylic acids is 1. The molecule has 25 heavy (non-hydrogen) atoms. The molecular formula is C17H16F2N2O4. The Kier molecular flexibility index (Phi) is 5.99. The summed E-state index contributed by atoms with van der Waals surface area (Å²) in [5.41, 5.74) is 1.27. The molecule has 0 bridgehead atoms. The van der Waals surface area contributed by atoms with E-state index in [1.54, 1.807) is 12.1 Å². The van der Waals surface area contributed by atoms with E-state index in [1.807, 2.05) is 0 Å². The van der Waals surface area contributed by atoms with Crippen molar-refractivity contribution in [2.45, 2.75) is 20.0 Å². The molecule has 0 aliphatic heterocycles. The second-order valence-electron chi connectivity index (χ2n) is 5.24. The van der Waals surface area contributed by atoms with E-state index in [1.165, 1.54) is 37.3 Å². The Labute approximate surface area is 142 Å². The Morgan fingerprint density at radius 1 is 1.24 bits per heavy atom. The first-order valence-electron chi connectivity index (χ1n) is 7.44. The average molecular weight is 350 g/mol. The summed E-state index contributed by atoms with van der Waals surface area (Å²) in [6.45, 7) is -1.05. The van der Waals surface area contributed by atoms with Gasteiger partial charge >= 0.3 is 6.61 Å². The van der Waals surface area contributed by atoms with Crippen LogP contribution in [0, 0.1) is 17.0 Å². The maximum atomic E-state index is 12.2. The number of hydrogen-bond acceptors (Lipinski definition) is 4. The number of benzene rings is 2. The van der Waals surface area contributed by atoms with E-state index in [0.717, 1.165) is 5.56 Å². The third-order valence-electron chi connectivity index (χ3n) is 3.59. The number of rotatable bonds is 7. The number of carbonyl (C=O) groups is 1. The van der Waals surface area contributed by atoms with Crippen molar-refractivity contribution in [3.63, 3.8) is 0 Å². The molecule has 0 spiro atoms. The van der Waals surface area contributed by atoms with Crippen LogP contribution in [-0.2, 0) is 6.42 Å². The van der Waals surface area contributed by atoms with Crippen molar-refractivity contribution in [1.82, 2.24) is 5.32 Å². The van der Waals surface area contributed by atoms with Crippen molar-refractivity contribution in [2.24, 2.45) is 0 Å². The molecule has 0 unspecified atom stereocenters. The fraction of sp³-hybridized carbons (Fsp3) is 0.235. The van der Waals surface area contributed by atoms with E-state index in [4.69, 9.17) is 0 Å². The summed E-state index contributed by atoms with van der Waals surface area (Å²) in [5, 5.41) is 13.6. The Bertz CT molecular complexity index is 764. The number of amides is 1. The second-order valence-corrected chi connectivity index (χ2v) is 5.24. The van der Waals surface area contributed by atoms with Crippen LogP contribution in [0.3, 0.4) is 0 Å². The minimum Gasteiger partial charge on any atom is -0.435 e. The molecule has 0 heterocycles. The van der Waals surface area contributed by atoms with E-state index in [2.05, 4.69) is 10.1 Å². The summed E-state index contributed by atoms with van der Waals surface area (Å²) in [7, 11) is 0. The first-order valence-corrected chi connectivity index (χ1v) is 7.44. The van der Waals surface area contributed by atoms with Crippen molar-refractivity contribution < 1.29 is 23.2 Å². The van der Waals surface area contributed by atoms with Crippen LogP contribution in [0.4, 0.5) is 14.5 Å². The number of nitrogens with zero attached hydrogens (tertiary/aromatic N) is 1. The van der Waals surface area contributed by atoms with Gasteiger partial charge in [0.1, 0.15) is 5.75 Å². The third kappa shape index (κ3) is 4.97. The van der Waals surface area contributed by atoms with E-state index in [9.17, 15) is 23.7 Å². The molecule has 0 saturated carbocycles. The Hall–Kier alpha value is -3.03. The lowest BCUT2D eigenvalue weighted by atomic mass is 10.1. The smallest absolute Gasteiger partial charge is 0.387 e. The summed E-state index contributed by atoms with van der Waals surface area (Å²) in [6.07, 6.45) is 0.481. The number of alkyl halides is 2. The van der Waals surface area contributed by atoms with Gasteiger partial charge in [0.25, 0.3) is 11.6 Å². The van der Waals surface area contributed by atoms with Crippen molar-refractivity contribution in [3.05, 3.63) is 69.3 Å². The van der Waals surface area contributed by atoms with Crippen molar-refractivity contribution in [1.29, 1.82) is 0 Å². The minimum atomic E-state index is -2.87. The summed E-state index contributed by atoms with van der Waals surface area (Å²) in [5.74, 6) is -0.339. The van der Waals surface area contributed by atoms with E-state index in [-0.39, 0.29) is 17.0 Å². The number of nitro benzene ring substituents is 1. The Morgan fingerprint density at radius 2 is 1.92 bits per heavy atom. The quantitative estimate of drug-likeness (QED) is 0.612. The van der Waals surface area contributed by atoms with Crippen LogP contribution in [0.15, 0.2) is 42.5 Å². The minimum absolute atomic E-state index is 0.0648. The first-order chi connectivity index (χ1) is 11.9. The second kappa shape index (κ2) is 8.18. The summed E-state index contributed by atoms with van der Waals surface area (Å²) in [6, 6.07) is 10.4. The molecule has 0 radical (unpaired) electrons. The molecule has 8 heteroatoms. The first kappa shape index (κ1) is 18.3. The number of nitro groups is 1. The van der Waals surface area contributed by atoms with Gasteiger partial charge in [-0.05, 0) is 37.1 Å². The van der Waals surface area contributed by atoms with Gasteiger partial charge in [-0.1, -0.05) is 18.2 Å². The van der Waals surface area contributed by atoms with E-state index < -0.39 is 17.4 Å². The molecule has 1 N–H and O–H groups in total. The van der Waals surface area contributed by atoms with Crippen LogP contribution in [-0.4, -0.2) is 24.0 Å². The number of hydrogen-bond donors (Lipinski definition) is 1. The molecule has 0 aliphatic rings. The molecule has 0 atom stereocenters. The van der Waals surface area contributed by atoms with Crippen molar-refractivity contribution >= 4 is 11.6 Å². The number of ether oxygens (including phenoxy) is 1. The van der Waals surface area contributed by atoms with Gasteiger partial charge < -0.3 is 10.1 Å². The molecule has 0 aliphatic carbocycles. The van der Waals surface area contributed by atoms with E-state index in [0.29, 0.717) is 18.5 Å². The molecular weight excluding hydrogens is 334 g/mol. The molecule has 1 amide bonds. The highest BCUT2D eigenvalue weighted by molar-refractivity contribution is 5.96. The highest BCUT2D eigenvalue weighted by Gasteiger charge is 2.17. The van der Waals surface area contributed by atoms with Crippen LogP contribution >= 0.6 is 0 Å². The van der Waals surface area contributed by atoms with Crippen LogP contribution in [0.1, 0.15) is 21.5 Å². The standard InChI is InChI=1S/C17H16F2N2O4/c1-11-14(3-2-4-15(11)21(23)24)16(22)20-10-9-12-5-7-13(8-6-12)25-17(18)19/h2-8,17H,9-10H2,1H3,(H,20,22). The van der Waals surface area contributed by atoms with Gasteiger partial charge in [-0.25, -0.2) is 0 Å². The monoisotopic (exact) mass is 350 g/mol. The average Bonchev–Trinajstić information content (AvgIpc) is 2.55. The lowest BCUT2D eigenvalue weighted by molar-refractivity contribution is -0.385. The predicted molar refractivity (Wildman–Crippen MR) is 86.9 cm³/mol. The summed E-state index contributed by atoms with van der Waals surface area (Å²) < 4.78 is 28.4. The Morgan fingerprint density at radius 3 is 2.52 bits per heavy atom. The van der Waals surface area contributed by atoms with Crippen LogP contribution < -0.4 is 10.1 Å². The fourth-order valence-corrected chi connectivity index (χ4v) is 2.32. The largest absolute Gasteiger partial charge is 0.435 e. The lowest BCUT2D eigenvalue weighted by Gasteiger charge is -2.09. The Balaban J connectivity index is 1.92. The highest BCUT2D eigenvalue weighted by Crippen LogP contribution is 2.21. The SMILES string of the molecule is Cc1c(C(=O)NCCc2ccc(OC(F)F)cc2)cccc1[N+](=O)[O-]. The number of nitrogens with one attached hydrogen (secondary N) is 1. The van der Waals surface area contributed by atoms with Crippen LogP contribution in [0.5, 0.6) is 5.75 Å². The van der Waals surface area contributed by atoms with Gasteiger partial charge in [0.05, 0.1) is 4.92 Å². The molecule has 0 aromatic heterocycles. The van der Waals surface area contributed by atoms with Crippen LogP contribution in [0.25, 0.3) is 0 Å². The lowest BCUT2D eigenvalue weighted by Crippen LogP contribution is -2.26. The molecule has 0 fully saturated rings. The summed E-state index contributed by atoms with van der Waals surface area (Å²) >= 11 is 0. The van der Waals surface area contributed by atoms with E-state index >= 15 is 0 Å². The van der Waals surface area contributed by atoms with Gasteiger partial charge in [0, 0.05) is 23.7 Å². The van der Waals surface area contributed by atoms with Crippen LogP contribution in [0.2, 0.25) is 0 Å². The number of halogens is 2. The third-order valence-corrected chi connectivity index (χ3v) is 3.59. The zero-order valence-corrected chi connectivity index (χ0v) is 13.4. The van der Waals surface area contributed by atoms with Crippen molar-refractivity contribution in [2.75, 3.05) is 6.54 Å². The molecule has 2 aromatic rings. The molecule has 6 nitrogen and oxygen atoms in total. The molecule has 2 aromatic carbocycles. The maximum Gasteiger partial charge on any atom is 0.387 e. The van der Waals surface area contributed by atoms with Gasteiger partial charge in [0.2, 0.25) is 0 Å². The normalized spacial score (nSPS) is 10.6. The molecule has 132 valence electrons. The van der Waals surface area contributed by atoms with Gasteiger partial charge in [-0.2, -0.15) is 8.78 Å². The fourth-order valence-electron chi connectivity index (χ4n) is 2.32. The maximum absolute atomic E-state index is 12.2. The van der Waals surface area contributed by atoms with Gasteiger partial charge in [-0.15, -0.1) is 0 Å². The van der Waals surface area contributed by atoms with Gasteiger partial charge in [-0.3, -0.25) is 14.9 Å². The predicted octanol–water partition coefficient (Wildman–Crippen LogP) is 3.48. The molecule has 2 rings (SSSR count).